The van der Waals surface area contributed by atoms with E-state index in [0.29, 0.717) is 15.8 Å². The van der Waals surface area contributed by atoms with Gasteiger partial charge in [0.25, 0.3) is 5.91 Å². The zero-order valence-corrected chi connectivity index (χ0v) is 13.0. The number of likely N-dealkylation sites (tertiary alicyclic amines) is 1. The molecular formula is C14H15BrF3NO2. The van der Waals surface area contributed by atoms with Crippen molar-refractivity contribution in [2.75, 3.05) is 20.2 Å². The fraction of sp³-hybridized carbons (Fsp3) is 0.500. The molecule has 0 bridgehead atoms. The summed E-state index contributed by atoms with van der Waals surface area (Å²) in [6.07, 6.45) is -4.26. The Hall–Kier alpha value is -1.24. The van der Waals surface area contributed by atoms with E-state index < -0.39 is 12.1 Å². The fourth-order valence-electron chi connectivity index (χ4n) is 2.41. The summed E-state index contributed by atoms with van der Waals surface area (Å²) >= 11 is 3.30. The second-order valence-corrected chi connectivity index (χ2v) is 5.72. The van der Waals surface area contributed by atoms with Crippen LogP contribution in [-0.4, -0.2) is 37.2 Å². The molecule has 7 heteroatoms. The lowest BCUT2D eigenvalue weighted by Gasteiger charge is -2.33. The Bertz CT molecular complexity index is 525. The summed E-state index contributed by atoms with van der Waals surface area (Å²) in [4.78, 5) is 13.9. The van der Waals surface area contributed by atoms with Gasteiger partial charge in [0.15, 0.2) is 0 Å². The Morgan fingerprint density at radius 3 is 2.48 bits per heavy atom. The minimum Gasteiger partial charge on any atom is -0.496 e. The van der Waals surface area contributed by atoms with Gasteiger partial charge in [-0.25, -0.2) is 0 Å². The molecule has 1 amide bonds. The van der Waals surface area contributed by atoms with Gasteiger partial charge in [-0.05, 0) is 40.9 Å². The van der Waals surface area contributed by atoms with Crippen molar-refractivity contribution in [1.29, 1.82) is 0 Å². The summed E-state index contributed by atoms with van der Waals surface area (Å²) < 4.78 is 43.5. The van der Waals surface area contributed by atoms with Gasteiger partial charge in [0, 0.05) is 13.1 Å². The average Bonchev–Trinajstić information content (AvgIpc) is 2.46. The van der Waals surface area contributed by atoms with Crippen molar-refractivity contribution < 1.29 is 22.7 Å². The second-order valence-electron chi connectivity index (χ2n) is 4.93. The van der Waals surface area contributed by atoms with Gasteiger partial charge in [-0.2, -0.15) is 13.2 Å². The van der Waals surface area contributed by atoms with Gasteiger partial charge in [0.05, 0.1) is 23.1 Å². The van der Waals surface area contributed by atoms with Crippen molar-refractivity contribution in [2.45, 2.75) is 19.0 Å². The predicted molar refractivity (Wildman–Crippen MR) is 75.4 cm³/mol. The number of alkyl halides is 3. The molecule has 0 aliphatic carbocycles. The molecule has 21 heavy (non-hydrogen) atoms. The number of ether oxygens (including phenoxy) is 1. The number of hydrogen-bond acceptors (Lipinski definition) is 2. The van der Waals surface area contributed by atoms with Crippen molar-refractivity contribution in [2.24, 2.45) is 5.92 Å². The van der Waals surface area contributed by atoms with E-state index in [2.05, 4.69) is 15.9 Å². The van der Waals surface area contributed by atoms with Gasteiger partial charge in [-0.3, -0.25) is 4.79 Å². The Balaban J connectivity index is 2.09. The van der Waals surface area contributed by atoms with Crippen LogP contribution in [0, 0.1) is 5.92 Å². The van der Waals surface area contributed by atoms with Crippen LogP contribution >= 0.6 is 15.9 Å². The molecule has 0 radical (unpaired) electrons. The first kappa shape index (κ1) is 16.1. The van der Waals surface area contributed by atoms with Gasteiger partial charge in [0.1, 0.15) is 5.75 Å². The first-order valence-corrected chi connectivity index (χ1v) is 7.32. The number of hydrogen-bond donors (Lipinski definition) is 0. The quantitative estimate of drug-likeness (QED) is 0.795. The molecule has 1 aromatic rings. The van der Waals surface area contributed by atoms with Crippen LogP contribution < -0.4 is 4.74 Å². The molecule has 2 rings (SSSR count). The Morgan fingerprint density at radius 1 is 1.33 bits per heavy atom. The van der Waals surface area contributed by atoms with Gasteiger partial charge in [-0.1, -0.05) is 6.07 Å². The largest absolute Gasteiger partial charge is 0.496 e. The third-order valence-corrected chi connectivity index (χ3v) is 4.48. The monoisotopic (exact) mass is 365 g/mol. The smallest absolute Gasteiger partial charge is 0.391 e. The van der Waals surface area contributed by atoms with E-state index in [1.807, 2.05) is 0 Å². The standard InChI is InChI=1S/C14H15BrF3NO2/c1-21-11-4-2-3-10(12(11)15)13(20)19-7-5-9(6-8-19)14(16,17)18/h2-4,9H,5-8H2,1H3. The minimum atomic E-state index is -4.17. The Morgan fingerprint density at radius 2 is 1.95 bits per heavy atom. The van der Waals surface area contributed by atoms with Crippen molar-refractivity contribution in [3.8, 4) is 5.75 Å². The highest BCUT2D eigenvalue weighted by Crippen LogP contribution is 2.35. The van der Waals surface area contributed by atoms with Crippen molar-refractivity contribution in [1.82, 2.24) is 4.90 Å². The number of carbonyl (C=O) groups excluding carboxylic acids is 1. The zero-order valence-electron chi connectivity index (χ0n) is 11.4. The van der Waals surface area contributed by atoms with Crippen LogP contribution in [0.15, 0.2) is 22.7 Å². The van der Waals surface area contributed by atoms with Crippen LogP contribution in [0.4, 0.5) is 13.2 Å². The maximum absolute atomic E-state index is 12.6. The number of methoxy groups -OCH3 is 1. The minimum absolute atomic E-state index is 0.0448. The predicted octanol–water partition coefficient (Wildman–Crippen LogP) is 3.87. The van der Waals surface area contributed by atoms with Crippen LogP contribution in [0.5, 0.6) is 5.75 Å². The van der Waals surface area contributed by atoms with Crippen molar-refractivity contribution in [3.63, 3.8) is 0 Å². The van der Waals surface area contributed by atoms with Crippen LogP contribution in [0.1, 0.15) is 23.2 Å². The number of carbonyl (C=O) groups is 1. The molecule has 116 valence electrons. The lowest BCUT2D eigenvalue weighted by molar-refractivity contribution is -0.183. The molecule has 0 atom stereocenters. The maximum Gasteiger partial charge on any atom is 0.391 e. The number of halogens is 4. The summed E-state index contributed by atoms with van der Waals surface area (Å²) in [7, 11) is 1.49. The molecule has 1 fully saturated rings. The SMILES string of the molecule is COc1cccc(C(=O)N2CCC(C(F)(F)F)CC2)c1Br. The van der Waals surface area contributed by atoms with Crippen molar-refractivity contribution in [3.05, 3.63) is 28.2 Å². The molecule has 0 unspecified atom stereocenters. The van der Waals surface area contributed by atoms with E-state index in [1.165, 1.54) is 12.0 Å². The van der Waals surface area contributed by atoms with Crippen LogP contribution in [0.2, 0.25) is 0 Å². The molecule has 0 N–H and O–H groups in total. The molecule has 1 saturated heterocycles. The second kappa shape index (κ2) is 6.25. The highest BCUT2D eigenvalue weighted by molar-refractivity contribution is 9.10. The number of benzene rings is 1. The molecular weight excluding hydrogens is 351 g/mol. The topological polar surface area (TPSA) is 29.5 Å². The van der Waals surface area contributed by atoms with E-state index in [9.17, 15) is 18.0 Å². The zero-order chi connectivity index (χ0) is 15.6. The van der Waals surface area contributed by atoms with E-state index in [4.69, 9.17) is 4.74 Å². The highest BCUT2D eigenvalue weighted by Gasteiger charge is 2.41. The van der Waals surface area contributed by atoms with E-state index in [1.54, 1.807) is 18.2 Å². The fourth-order valence-corrected chi connectivity index (χ4v) is 3.01. The third kappa shape index (κ3) is 3.51. The first-order valence-electron chi connectivity index (χ1n) is 6.53. The van der Waals surface area contributed by atoms with E-state index in [-0.39, 0.29) is 31.8 Å². The van der Waals surface area contributed by atoms with Gasteiger partial charge in [0.2, 0.25) is 0 Å². The normalized spacial score (nSPS) is 16.9. The molecule has 0 aromatic heterocycles. The van der Waals surface area contributed by atoms with E-state index in [0.717, 1.165) is 0 Å². The third-order valence-electron chi connectivity index (χ3n) is 3.66. The van der Waals surface area contributed by atoms with Crippen LogP contribution in [0.25, 0.3) is 0 Å². The average molecular weight is 366 g/mol. The summed E-state index contributed by atoms with van der Waals surface area (Å²) in [5.74, 6) is -1.07. The molecule has 1 aliphatic heterocycles. The van der Waals surface area contributed by atoms with Crippen LogP contribution in [-0.2, 0) is 0 Å². The highest BCUT2D eigenvalue weighted by atomic mass is 79.9. The van der Waals surface area contributed by atoms with Gasteiger partial charge >= 0.3 is 6.18 Å². The van der Waals surface area contributed by atoms with Crippen LogP contribution in [0.3, 0.4) is 0 Å². The lowest BCUT2D eigenvalue weighted by Crippen LogP contribution is -2.42. The Kier molecular flexibility index (Phi) is 4.81. The van der Waals surface area contributed by atoms with Gasteiger partial charge < -0.3 is 9.64 Å². The lowest BCUT2D eigenvalue weighted by atomic mass is 9.96. The number of amides is 1. The molecule has 1 aliphatic rings. The first-order chi connectivity index (χ1) is 9.84. The summed E-state index contributed by atoms with van der Waals surface area (Å²) in [6, 6.07) is 5.01. The summed E-state index contributed by atoms with van der Waals surface area (Å²) in [5.41, 5.74) is 0.403. The molecule has 1 heterocycles. The number of rotatable bonds is 2. The summed E-state index contributed by atoms with van der Waals surface area (Å²) in [5, 5.41) is 0. The Labute approximate surface area is 129 Å². The van der Waals surface area contributed by atoms with Gasteiger partial charge in [-0.15, -0.1) is 0 Å². The summed E-state index contributed by atoms with van der Waals surface area (Å²) in [6.45, 7) is 0.235. The number of piperidine rings is 1. The molecule has 0 spiro atoms. The van der Waals surface area contributed by atoms with Crippen molar-refractivity contribution >= 4 is 21.8 Å². The molecule has 1 aromatic carbocycles. The molecule has 3 nitrogen and oxygen atoms in total. The molecule has 0 saturated carbocycles. The maximum atomic E-state index is 12.6. The van der Waals surface area contributed by atoms with E-state index >= 15 is 0 Å². The number of nitrogens with zero attached hydrogens (tertiary/aromatic N) is 1.